The molecule has 4 heteroatoms. The van der Waals surface area contributed by atoms with Crippen molar-refractivity contribution < 1.29 is 19.7 Å². The maximum absolute atomic E-state index is 12.1. The lowest BCUT2D eigenvalue weighted by Crippen LogP contribution is -2.58. The third-order valence-corrected chi connectivity index (χ3v) is 9.92. The molecule has 146 valence electrons. The summed E-state index contributed by atoms with van der Waals surface area (Å²) in [6, 6.07) is 0. The summed E-state index contributed by atoms with van der Waals surface area (Å²) < 4.78 is 5.77. The summed E-state index contributed by atoms with van der Waals surface area (Å²) in [6.07, 6.45) is 6.51. The fourth-order valence-electron chi connectivity index (χ4n) is 8.72. The van der Waals surface area contributed by atoms with Crippen LogP contribution in [0.3, 0.4) is 0 Å². The molecular weight excluding hydrogens is 328 g/mol. The third kappa shape index (κ3) is 2.06. The van der Waals surface area contributed by atoms with Gasteiger partial charge in [0.25, 0.3) is 0 Å². The molecule has 0 amide bonds. The average Bonchev–Trinajstić information content (AvgIpc) is 3.03. The fraction of sp³-hybridized carbons (Fsp3) is 0.955. The fourth-order valence-corrected chi connectivity index (χ4v) is 8.72. The summed E-state index contributed by atoms with van der Waals surface area (Å²) >= 11 is 0. The Morgan fingerprint density at radius 3 is 2.46 bits per heavy atom. The van der Waals surface area contributed by atoms with Crippen LogP contribution in [0, 0.1) is 46.3 Å². The molecule has 26 heavy (non-hydrogen) atoms. The predicted molar refractivity (Wildman–Crippen MR) is 97.0 cm³/mol. The van der Waals surface area contributed by atoms with Gasteiger partial charge in [0, 0.05) is 5.92 Å². The zero-order valence-corrected chi connectivity index (χ0v) is 16.4. The quantitative estimate of drug-likeness (QED) is 0.650. The van der Waals surface area contributed by atoms with E-state index in [9.17, 15) is 15.0 Å². The summed E-state index contributed by atoms with van der Waals surface area (Å²) in [6.45, 7) is 6.86. The number of hydrogen-bond donors (Lipinski definition) is 2. The van der Waals surface area contributed by atoms with E-state index in [1.165, 1.54) is 12.8 Å². The van der Waals surface area contributed by atoms with Gasteiger partial charge in [-0.2, -0.15) is 0 Å². The molecule has 5 aliphatic rings. The van der Waals surface area contributed by atoms with E-state index in [4.69, 9.17) is 4.74 Å². The third-order valence-electron chi connectivity index (χ3n) is 9.92. The summed E-state index contributed by atoms with van der Waals surface area (Å²) in [7, 11) is 0. The van der Waals surface area contributed by atoms with E-state index in [2.05, 4.69) is 20.8 Å². The van der Waals surface area contributed by atoms with Crippen LogP contribution in [-0.4, -0.2) is 34.5 Å². The normalized spacial score (nSPS) is 61.3. The number of rotatable bonds is 0. The van der Waals surface area contributed by atoms with E-state index in [1.54, 1.807) is 0 Å². The second kappa shape index (κ2) is 5.47. The first-order valence-electron chi connectivity index (χ1n) is 10.8. The summed E-state index contributed by atoms with van der Waals surface area (Å²) in [4.78, 5) is 12.1. The predicted octanol–water partition coefficient (Wildman–Crippen LogP) is 3.15. The first-order valence-corrected chi connectivity index (χ1v) is 10.8. The van der Waals surface area contributed by atoms with Crippen molar-refractivity contribution in [2.75, 3.05) is 0 Å². The maximum atomic E-state index is 12.1. The van der Waals surface area contributed by atoms with E-state index < -0.39 is 0 Å². The first kappa shape index (κ1) is 17.5. The van der Waals surface area contributed by atoms with Crippen molar-refractivity contribution in [2.45, 2.75) is 84.0 Å². The highest BCUT2D eigenvalue weighted by Crippen LogP contribution is 2.69. The Hall–Kier alpha value is -0.610. The zero-order valence-electron chi connectivity index (χ0n) is 16.4. The van der Waals surface area contributed by atoms with E-state index in [0.717, 1.165) is 32.1 Å². The van der Waals surface area contributed by atoms with Gasteiger partial charge in [-0.3, -0.25) is 4.79 Å². The number of hydrogen-bond acceptors (Lipinski definition) is 4. The Morgan fingerprint density at radius 1 is 0.962 bits per heavy atom. The van der Waals surface area contributed by atoms with E-state index >= 15 is 0 Å². The van der Waals surface area contributed by atoms with E-state index in [-0.39, 0.29) is 46.9 Å². The van der Waals surface area contributed by atoms with Crippen LogP contribution in [0.15, 0.2) is 0 Å². The van der Waals surface area contributed by atoms with Crippen molar-refractivity contribution in [3.8, 4) is 0 Å². The van der Waals surface area contributed by atoms with Gasteiger partial charge in [-0.15, -0.1) is 0 Å². The molecule has 4 saturated carbocycles. The van der Waals surface area contributed by atoms with Gasteiger partial charge in [-0.1, -0.05) is 20.8 Å². The van der Waals surface area contributed by atoms with Crippen molar-refractivity contribution >= 4 is 5.97 Å². The summed E-state index contributed by atoms with van der Waals surface area (Å²) in [5.74, 6) is 2.37. The Labute approximate surface area is 156 Å². The Bertz CT molecular complexity index is 619. The van der Waals surface area contributed by atoms with Gasteiger partial charge in [0.1, 0.15) is 6.10 Å². The SMILES string of the molecule is C[C@@H]1C(=O)O[C@H]2C[C@@H]3[C@@H]4C[C@H](O)[C@@H]5C[C@@H](O)CC[C@]5(C)[C@H]4CC[C@]3(C)[C@H]21. The number of aliphatic hydroxyl groups is 2. The minimum Gasteiger partial charge on any atom is -0.462 e. The monoisotopic (exact) mass is 362 g/mol. The topological polar surface area (TPSA) is 66.8 Å². The van der Waals surface area contributed by atoms with Crippen LogP contribution in [0.2, 0.25) is 0 Å². The molecule has 0 aromatic heterocycles. The highest BCUT2D eigenvalue weighted by Gasteiger charge is 2.67. The molecule has 4 nitrogen and oxygen atoms in total. The largest absolute Gasteiger partial charge is 0.462 e. The van der Waals surface area contributed by atoms with Gasteiger partial charge < -0.3 is 14.9 Å². The van der Waals surface area contributed by atoms with Gasteiger partial charge in [0.05, 0.1) is 18.1 Å². The molecule has 1 saturated heterocycles. The molecular formula is C22H34O4. The van der Waals surface area contributed by atoms with Crippen LogP contribution >= 0.6 is 0 Å². The van der Waals surface area contributed by atoms with Gasteiger partial charge in [-0.25, -0.2) is 0 Å². The highest BCUT2D eigenvalue weighted by atomic mass is 16.6. The summed E-state index contributed by atoms with van der Waals surface area (Å²) in [5, 5.41) is 21.2. The molecule has 1 aliphatic heterocycles. The van der Waals surface area contributed by atoms with Crippen molar-refractivity contribution in [2.24, 2.45) is 46.3 Å². The Kier molecular flexibility index (Phi) is 3.68. The summed E-state index contributed by atoms with van der Waals surface area (Å²) in [5.41, 5.74) is 0.331. The molecule has 11 atom stereocenters. The maximum Gasteiger partial charge on any atom is 0.309 e. The van der Waals surface area contributed by atoms with Crippen molar-refractivity contribution in [3.63, 3.8) is 0 Å². The molecule has 0 aromatic carbocycles. The van der Waals surface area contributed by atoms with Gasteiger partial charge in [0.2, 0.25) is 0 Å². The minimum atomic E-state index is -0.293. The van der Waals surface area contributed by atoms with Crippen LogP contribution in [0.25, 0.3) is 0 Å². The average molecular weight is 363 g/mol. The van der Waals surface area contributed by atoms with Crippen LogP contribution < -0.4 is 0 Å². The second-order valence-electron chi connectivity index (χ2n) is 10.8. The molecule has 4 aliphatic carbocycles. The number of carbonyl (C=O) groups excluding carboxylic acids is 1. The van der Waals surface area contributed by atoms with E-state index in [0.29, 0.717) is 23.7 Å². The van der Waals surface area contributed by atoms with Gasteiger partial charge >= 0.3 is 5.97 Å². The van der Waals surface area contributed by atoms with Gasteiger partial charge in [-0.05, 0) is 79.4 Å². The number of aliphatic hydroxyl groups excluding tert-OH is 2. The smallest absolute Gasteiger partial charge is 0.309 e. The number of ether oxygens (including phenoxy) is 1. The second-order valence-corrected chi connectivity index (χ2v) is 10.8. The number of fused-ring (bicyclic) bond motifs is 7. The lowest BCUT2D eigenvalue weighted by atomic mass is 9.44. The van der Waals surface area contributed by atoms with Crippen LogP contribution in [0.4, 0.5) is 0 Å². The molecule has 0 aromatic rings. The van der Waals surface area contributed by atoms with E-state index in [1.807, 2.05) is 0 Å². The molecule has 5 rings (SSSR count). The van der Waals surface area contributed by atoms with Crippen LogP contribution in [-0.2, 0) is 9.53 Å². The molecule has 2 N–H and O–H groups in total. The van der Waals surface area contributed by atoms with Crippen molar-refractivity contribution in [3.05, 3.63) is 0 Å². The van der Waals surface area contributed by atoms with Crippen LogP contribution in [0.1, 0.15) is 65.7 Å². The molecule has 1 heterocycles. The highest BCUT2D eigenvalue weighted by molar-refractivity contribution is 5.75. The van der Waals surface area contributed by atoms with Crippen LogP contribution in [0.5, 0.6) is 0 Å². The van der Waals surface area contributed by atoms with Crippen molar-refractivity contribution in [1.29, 1.82) is 0 Å². The molecule has 5 fully saturated rings. The van der Waals surface area contributed by atoms with Crippen molar-refractivity contribution in [1.82, 2.24) is 0 Å². The number of carbonyl (C=O) groups is 1. The lowest BCUT2D eigenvalue weighted by Gasteiger charge is -2.62. The Morgan fingerprint density at radius 2 is 1.69 bits per heavy atom. The lowest BCUT2D eigenvalue weighted by molar-refractivity contribution is -0.173. The Balaban J connectivity index is 1.48. The standard InChI is InChI=1S/C22H34O4/c1-11-19-18(26-20(11)25)10-15-13-9-17(24)16-8-12(23)4-6-21(16,2)14(13)5-7-22(15,19)3/h11-19,23-24H,4-10H2,1-3H3/t11-,12-,13+,14-,15+,16-,17-,18-,19-,21+,22-/m0/s1. The molecule has 0 unspecified atom stereocenters. The molecule has 0 bridgehead atoms. The first-order chi connectivity index (χ1) is 12.3. The molecule has 0 spiro atoms. The minimum absolute atomic E-state index is 0.00114. The molecule has 0 radical (unpaired) electrons. The zero-order chi connectivity index (χ0) is 18.4. The number of esters is 1. The van der Waals surface area contributed by atoms with Gasteiger partial charge in [0.15, 0.2) is 0 Å².